The van der Waals surface area contributed by atoms with Crippen LogP contribution in [0.25, 0.3) is 6.08 Å². The summed E-state index contributed by atoms with van der Waals surface area (Å²) in [6, 6.07) is 10.7. The molecule has 126 valence electrons. The first kappa shape index (κ1) is 16.8. The highest BCUT2D eigenvalue weighted by Crippen LogP contribution is 2.25. The van der Waals surface area contributed by atoms with Crippen molar-refractivity contribution in [2.24, 2.45) is 0 Å². The van der Waals surface area contributed by atoms with Crippen molar-refractivity contribution in [2.45, 2.75) is 25.7 Å². The quantitative estimate of drug-likeness (QED) is 0.905. The summed E-state index contributed by atoms with van der Waals surface area (Å²) in [6.07, 6.45) is 5.62. The zero-order valence-electron chi connectivity index (χ0n) is 13.2. The molecule has 0 radical (unpaired) electrons. The maximum absolute atomic E-state index is 13.5. The lowest BCUT2D eigenvalue weighted by molar-refractivity contribution is 0.577. The number of aryl methyl sites for hydroxylation is 1. The zero-order chi connectivity index (χ0) is 17.0. The lowest BCUT2D eigenvalue weighted by atomic mass is 10.1. The van der Waals surface area contributed by atoms with Gasteiger partial charge in [0.1, 0.15) is 5.82 Å². The fourth-order valence-electron chi connectivity index (χ4n) is 2.81. The van der Waals surface area contributed by atoms with E-state index in [0.29, 0.717) is 11.3 Å². The molecule has 24 heavy (non-hydrogen) atoms. The molecule has 1 N–H and O–H groups in total. The number of allylic oxidation sites excluding steroid dienone is 1. The lowest BCUT2D eigenvalue weighted by Gasteiger charge is -2.09. The number of rotatable bonds is 5. The number of pyridine rings is 1. The summed E-state index contributed by atoms with van der Waals surface area (Å²) in [4.78, 5) is 4.31. The molecule has 1 aliphatic rings. The average Bonchev–Trinajstić information content (AvgIpc) is 2.79. The monoisotopic (exact) mass is 346 g/mol. The zero-order valence-corrected chi connectivity index (χ0v) is 14.0. The smallest absolute Gasteiger partial charge is 0.236 e. The second-order valence-electron chi connectivity index (χ2n) is 5.74. The van der Waals surface area contributed by atoms with Crippen molar-refractivity contribution >= 4 is 16.1 Å². The highest BCUT2D eigenvalue weighted by molar-refractivity contribution is 7.93. The number of aromatic nitrogens is 1. The van der Waals surface area contributed by atoms with Gasteiger partial charge in [0.15, 0.2) is 0 Å². The summed E-state index contributed by atoms with van der Waals surface area (Å²) in [5.41, 5.74) is 2.38. The number of hydrogen-bond donors (Lipinski definition) is 1. The van der Waals surface area contributed by atoms with Crippen molar-refractivity contribution in [3.63, 3.8) is 0 Å². The molecule has 6 heteroatoms. The molecule has 3 rings (SSSR count). The third-order valence-electron chi connectivity index (χ3n) is 4.07. The topological polar surface area (TPSA) is 59.1 Å². The van der Waals surface area contributed by atoms with Crippen molar-refractivity contribution < 1.29 is 12.8 Å². The largest absolute Gasteiger partial charge is 0.258 e. The normalized spacial score (nSPS) is 14.6. The molecule has 0 saturated carbocycles. The number of sulfonamides is 1. The highest BCUT2D eigenvalue weighted by atomic mass is 32.2. The molecule has 0 bridgehead atoms. The first-order valence-corrected chi connectivity index (χ1v) is 9.42. The van der Waals surface area contributed by atoms with E-state index >= 15 is 0 Å². The van der Waals surface area contributed by atoms with E-state index in [4.69, 9.17) is 0 Å². The summed E-state index contributed by atoms with van der Waals surface area (Å²) >= 11 is 0. The van der Waals surface area contributed by atoms with Crippen LogP contribution in [0.5, 0.6) is 0 Å². The predicted molar refractivity (Wildman–Crippen MR) is 92.2 cm³/mol. The van der Waals surface area contributed by atoms with E-state index in [-0.39, 0.29) is 18.7 Å². The molecule has 0 fully saturated rings. The minimum atomic E-state index is -3.57. The predicted octanol–water partition coefficient (Wildman–Crippen LogP) is 3.06. The average molecular weight is 346 g/mol. The highest BCUT2D eigenvalue weighted by Gasteiger charge is 2.20. The Morgan fingerprint density at radius 2 is 1.96 bits per heavy atom. The summed E-state index contributed by atoms with van der Waals surface area (Å²) in [7, 11) is -3.57. The van der Waals surface area contributed by atoms with Gasteiger partial charge in [0.2, 0.25) is 10.0 Å². The van der Waals surface area contributed by atoms with Gasteiger partial charge < -0.3 is 0 Å². The Balaban J connectivity index is 1.71. The number of benzene rings is 1. The Hall–Kier alpha value is -2.05. The molecular formula is C18H19FN2O2S. The van der Waals surface area contributed by atoms with Crippen molar-refractivity contribution in [1.82, 2.24) is 9.71 Å². The number of nitrogens with one attached hydrogen (secondary N) is 1. The molecule has 1 aliphatic carbocycles. The number of nitrogens with zero attached hydrogens (tertiary/aromatic N) is 1. The summed E-state index contributed by atoms with van der Waals surface area (Å²) in [5.74, 6) is -0.417. The van der Waals surface area contributed by atoms with Crippen LogP contribution in [0.3, 0.4) is 0 Å². The van der Waals surface area contributed by atoms with E-state index in [1.165, 1.54) is 23.9 Å². The van der Waals surface area contributed by atoms with Crippen LogP contribution in [0, 0.1) is 5.82 Å². The molecule has 0 saturated heterocycles. The molecule has 0 atom stereocenters. The van der Waals surface area contributed by atoms with E-state index in [2.05, 4.69) is 9.71 Å². The van der Waals surface area contributed by atoms with Gasteiger partial charge in [0.05, 0.1) is 10.6 Å². The van der Waals surface area contributed by atoms with Gasteiger partial charge in [-0.25, -0.2) is 17.5 Å². The Kier molecular flexibility index (Phi) is 5.06. The minimum absolute atomic E-state index is 0.120. The van der Waals surface area contributed by atoms with Gasteiger partial charge in [-0.15, -0.1) is 0 Å². The summed E-state index contributed by atoms with van der Waals surface area (Å²) in [5, 5.41) is 0. The van der Waals surface area contributed by atoms with Crippen molar-refractivity contribution in [3.05, 3.63) is 70.1 Å². The Labute approximate surface area is 141 Å². The van der Waals surface area contributed by atoms with E-state index in [1.54, 1.807) is 6.08 Å². The standard InChI is InChI=1S/C18H19FN2O2S/c19-17-9-4-11-20-18(17)10-12-21-24(22,23)16-8-3-7-14-5-1-2-6-15(14)13-16/h1-2,4-6,9,11,13,21H,3,7-8,10,12H2. The molecule has 1 aromatic heterocycles. The fourth-order valence-corrected chi connectivity index (χ4v) is 4.06. The second kappa shape index (κ2) is 7.23. The van der Waals surface area contributed by atoms with Crippen molar-refractivity contribution in [3.8, 4) is 0 Å². The fraction of sp³-hybridized carbons (Fsp3) is 0.278. The minimum Gasteiger partial charge on any atom is -0.258 e. The van der Waals surface area contributed by atoms with Gasteiger partial charge in [-0.05, 0) is 48.6 Å². The molecule has 2 aromatic rings. The van der Waals surface area contributed by atoms with Crippen LogP contribution < -0.4 is 4.72 Å². The molecule has 0 amide bonds. The van der Waals surface area contributed by atoms with E-state index in [1.807, 2.05) is 24.3 Å². The van der Waals surface area contributed by atoms with E-state index < -0.39 is 15.8 Å². The van der Waals surface area contributed by atoms with Crippen LogP contribution in [0.2, 0.25) is 0 Å². The number of hydrogen-bond acceptors (Lipinski definition) is 3. The number of fused-ring (bicyclic) bond motifs is 1. The number of halogens is 1. The van der Waals surface area contributed by atoms with Gasteiger partial charge in [-0.2, -0.15) is 0 Å². The van der Waals surface area contributed by atoms with Crippen LogP contribution in [-0.2, 0) is 22.9 Å². The van der Waals surface area contributed by atoms with E-state index in [9.17, 15) is 12.8 Å². The molecular weight excluding hydrogens is 327 g/mol. The van der Waals surface area contributed by atoms with Crippen LogP contribution in [-0.4, -0.2) is 19.9 Å². The molecule has 1 aromatic carbocycles. The van der Waals surface area contributed by atoms with Crippen LogP contribution >= 0.6 is 0 Å². The van der Waals surface area contributed by atoms with Gasteiger partial charge in [0.25, 0.3) is 0 Å². The van der Waals surface area contributed by atoms with Gasteiger partial charge in [0, 0.05) is 19.2 Å². The summed E-state index contributed by atoms with van der Waals surface area (Å²) < 4.78 is 41.2. The maximum Gasteiger partial charge on any atom is 0.236 e. The van der Waals surface area contributed by atoms with Crippen molar-refractivity contribution in [1.29, 1.82) is 0 Å². The summed E-state index contributed by atoms with van der Waals surface area (Å²) in [6.45, 7) is 0.120. The molecule has 0 unspecified atom stereocenters. The third-order valence-corrected chi connectivity index (χ3v) is 5.67. The Morgan fingerprint density at radius 1 is 1.12 bits per heavy atom. The van der Waals surface area contributed by atoms with E-state index in [0.717, 1.165) is 18.4 Å². The molecule has 0 aliphatic heterocycles. The maximum atomic E-state index is 13.5. The molecule has 0 spiro atoms. The molecule has 1 heterocycles. The van der Waals surface area contributed by atoms with Crippen LogP contribution in [0.4, 0.5) is 4.39 Å². The first-order chi connectivity index (χ1) is 11.6. The van der Waals surface area contributed by atoms with Gasteiger partial charge in [-0.1, -0.05) is 24.3 Å². The van der Waals surface area contributed by atoms with Crippen LogP contribution in [0.1, 0.15) is 29.7 Å². The Morgan fingerprint density at radius 3 is 2.79 bits per heavy atom. The molecule has 4 nitrogen and oxygen atoms in total. The lowest BCUT2D eigenvalue weighted by Crippen LogP contribution is -2.27. The first-order valence-electron chi connectivity index (χ1n) is 7.94. The van der Waals surface area contributed by atoms with Gasteiger partial charge >= 0.3 is 0 Å². The van der Waals surface area contributed by atoms with Crippen LogP contribution in [0.15, 0.2) is 47.5 Å². The van der Waals surface area contributed by atoms with Crippen molar-refractivity contribution in [2.75, 3.05) is 6.54 Å². The van der Waals surface area contributed by atoms with Gasteiger partial charge in [-0.3, -0.25) is 4.98 Å². The third kappa shape index (κ3) is 3.88. The Bertz CT molecular complexity index is 863. The second-order valence-corrected chi connectivity index (χ2v) is 7.56. The SMILES string of the molecule is O=S(=O)(NCCc1ncccc1F)C1=Cc2ccccc2CCC1.